The molecule has 0 bridgehead atoms. The molecule has 100 valence electrons. The molecule has 2 aromatic carbocycles. The van der Waals surface area contributed by atoms with E-state index in [1.807, 2.05) is 30.5 Å². The van der Waals surface area contributed by atoms with Crippen molar-refractivity contribution in [3.05, 3.63) is 71.7 Å². The number of halogens is 1. The molecule has 4 rings (SSSR count). The van der Waals surface area contributed by atoms with Gasteiger partial charge >= 0.3 is 0 Å². The quantitative estimate of drug-likeness (QED) is 0.740. The van der Waals surface area contributed by atoms with Gasteiger partial charge in [0.2, 0.25) is 0 Å². The van der Waals surface area contributed by atoms with Gasteiger partial charge in [0.25, 0.3) is 0 Å². The van der Waals surface area contributed by atoms with E-state index in [-0.39, 0.29) is 12.0 Å². The Morgan fingerprint density at radius 2 is 1.95 bits per heavy atom. The maximum Gasteiger partial charge on any atom is 0.178 e. The average molecular weight is 268 g/mol. The molecular formula is C16H13FN2O. The first-order valence-electron chi connectivity index (χ1n) is 6.55. The van der Waals surface area contributed by atoms with Crippen LogP contribution >= 0.6 is 0 Å². The van der Waals surface area contributed by atoms with Gasteiger partial charge in [0, 0.05) is 29.2 Å². The van der Waals surface area contributed by atoms with Gasteiger partial charge in [-0.2, -0.15) is 5.48 Å². The van der Waals surface area contributed by atoms with Crippen LogP contribution in [0.2, 0.25) is 0 Å². The van der Waals surface area contributed by atoms with Crippen molar-refractivity contribution >= 4 is 10.9 Å². The minimum absolute atomic E-state index is 0.115. The minimum Gasteiger partial charge on any atom is -0.343 e. The molecule has 3 aromatic rings. The molecule has 20 heavy (non-hydrogen) atoms. The van der Waals surface area contributed by atoms with E-state index in [9.17, 15) is 4.39 Å². The SMILES string of the molecule is Fc1ccc2c(c1)c(C1NO1)cn2Cc1ccccc1. The summed E-state index contributed by atoms with van der Waals surface area (Å²) < 4.78 is 15.6. The lowest BCUT2D eigenvalue weighted by molar-refractivity contribution is 0.375. The number of benzene rings is 2. The standard InChI is InChI=1S/C16H13FN2O/c17-12-6-7-15-13(8-12)14(16-18-20-16)10-19(15)9-11-4-2-1-3-5-11/h1-8,10,16,18H,9H2. The Balaban J connectivity index is 1.83. The van der Waals surface area contributed by atoms with E-state index in [0.29, 0.717) is 0 Å². The lowest BCUT2D eigenvalue weighted by atomic mass is 10.1. The van der Waals surface area contributed by atoms with E-state index in [0.717, 1.165) is 23.0 Å². The number of rotatable bonds is 3. The van der Waals surface area contributed by atoms with Crippen LogP contribution in [-0.4, -0.2) is 4.57 Å². The van der Waals surface area contributed by atoms with E-state index in [1.54, 1.807) is 6.07 Å². The van der Waals surface area contributed by atoms with Crippen molar-refractivity contribution in [2.24, 2.45) is 0 Å². The largest absolute Gasteiger partial charge is 0.343 e. The van der Waals surface area contributed by atoms with Gasteiger partial charge in [0.15, 0.2) is 6.23 Å². The van der Waals surface area contributed by atoms with Crippen LogP contribution in [0.4, 0.5) is 4.39 Å². The number of aromatic nitrogens is 1. The highest BCUT2D eigenvalue weighted by molar-refractivity contribution is 5.84. The molecule has 2 heterocycles. The second-order valence-electron chi connectivity index (χ2n) is 4.98. The number of hydrogen-bond donors (Lipinski definition) is 1. The van der Waals surface area contributed by atoms with Gasteiger partial charge < -0.3 is 4.57 Å². The molecule has 3 nitrogen and oxygen atoms in total. The summed E-state index contributed by atoms with van der Waals surface area (Å²) in [7, 11) is 0. The van der Waals surface area contributed by atoms with Gasteiger partial charge in [-0.1, -0.05) is 30.3 Å². The highest BCUT2D eigenvalue weighted by Crippen LogP contribution is 2.33. The fourth-order valence-corrected chi connectivity index (χ4v) is 2.58. The Bertz CT molecular complexity index is 763. The monoisotopic (exact) mass is 268 g/mol. The van der Waals surface area contributed by atoms with Crippen molar-refractivity contribution < 1.29 is 9.23 Å². The summed E-state index contributed by atoms with van der Waals surface area (Å²) in [6, 6.07) is 15.1. The van der Waals surface area contributed by atoms with Crippen molar-refractivity contribution in [1.82, 2.24) is 10.0 Å². The fraction of sp³-hybridized carbons (Fsp3) is 0.125. The molecule has 1 fully saturated rings. The van der Waals surface area contributed by atoms with Crippen LogP contribution in [-0.2, 0) is 11.4 Å². The van der Waals surface area contributed by atoms with Gasteiger partial charge in [0.1, 0.15) is 5.82 Å². The van der Waals surface area contributed by atoms with E-state index in [1.165, 1.54) is 11.6 Å². The smallest absolute Gasteiger partial charge is 0.178 e. The minimum atomic E-state index is -0.225. The number of nitrogens with zero attached hydrogens (tertiary/aromatic N) is 1. The van der Waals surface area contributed by atoms with Crippen LogP contribution < -0.4 is 5.48 Å². The maximum atomic E-state index is 13.5. The second-order valence-corrected chi connectivity index (χ2v) is 4.98. The molecule has 1 saturated heterocycles. The summed E-state index contributed by atoms with van der Waals surface area (Å²) in [5.74, 6) is -0.225. The van der Waals surface area contributed by atoms with Gasteiger partial charge in [-0.3, -0.25) is 4.84 Å². The summed E-state index contributed by atoms with van der Waals surface area (Å²) in [5, 5.41) is 0.899. The van der Waals surface area contributed by atoms with Crippen molar-refractivity contribution in [2.45, 2.75) is 12.8 Å². The lowest BCUT2D eigenvalue weighted by Gasteiger charge is -2.05. The third-order valence-corrected chi connectivity index (χ3v) is 3.59. The molecule has 1 atom stereocenters. The van der Waals surface area contributed by atoms with E-state index in [4.69, 9.17) is 4.84 Å². The molecule has 0 radical (unpaired) electrons. The van der Waals surface area contributed by atoms with Crippen LogP contribution in [0.25, 0.3) is 10.9 Å². The zero-order chi connectivity index (χ0) is 13.5. The highest BCUT2D eigenvalue weighted by Gasteiger charge is 2.28. The molecular weight excluding hydrogens is 255 g/mol. The third kappa shape index (κ3) is 1.99. The van der Waals surface area contributed by atoms with E-state index < -0.39 is 0 Å². The first-order chi connectivity index (χ1) is 9.81. The van der Waals surface area contributed by atoms with Gasteiger partial charge in [0.05, 0.1) is 0 Å². The maximum absolute atomic E-state index is 13.5. The Kier molecular flexibility index (Phi) is 2.58. The van der Waals surface area contributed by atoms with Gasteiger partial charge in [-0.25, -0.2) is 4.39 Å². The third-order valence-electron chi connectivity index (χ3n) is 3.59. The molecule has 1 aliphatic rings. The zero-order valence-corrected chi connectivity index (χ0v) is 10.7. The molecule has 0 saturated carbocycles. The Hall–Kier alpha value is -2.17. The average Bonchev–Trinajstić information content (AvgIpc) is 3.24. The molecule has 1 aliphatic heterocycles. The molecule has 1 unspecified atom stereocenters. The van der Waals surface area contributed by atoms with Gasteiger partial charge in [-0.05, 0) is 23.8 Å². The normalized spacial score (nSPS) is 17.6. The fourth-order valence-electron chi connectivity index (χ4n) is 2.58. The van der Waals surface area contributed by atoms with Crippen molar-refractivity contribution in [1.29, 1.82) is 0 Å². The lowest BCUT2D eigenvalue weighted by Crippen LogP contribution is -1.97. The van der Waals surface area contributed by atoms with Crippen molar-refractivity contribution in [3.63, 3.8) is 0 Å². The number of fused-ring (bicyclic) bond motifs is 1. The predicted octanol–water partition coefficient (Wildman–Crippen LogP) is 3.36. The van der Waals surface area contributed by atoms with Crippen LogP contribution in [0, 0.1) is 5.82 Å². The van der Waals surface area contributed by atoms with E-state index in [2.05, 4.69) is 22.2 Å². The van der Waals surface area contributed by atoms with Crippen LogP contribution in [0.3, 0.4) is 0 Å². The highest BCUT2D eigenvalue weighted by atomic mass is 19.1. The van der Waals surface area contributed by atoms with Crippen LogP contribution in [0.15, 0.2) is 54.7 Å². The first kappa shape index (κ1) is 11.6. The number of nitrogens with one attached hydrogen (secondary N) is 1. The summed E-state index contributed by atoms with van der Waals surface area (Å²) in [6.45, 7) is 0.760. The summed E-state index contributed by atoms with van der Waals surface area (Å²) >= 11 is 0. The Morgan fingerprint density at radius 1 is 1.15 bits per heavy atom. The molecule has 4 heteroatoms. The van der Waals surface area contributed by atoms with E-state index >= 15 is 0 Å². The number of hydrogen-bond acceptors (Lipinski definition) is 2. The molecule has 1 N–H and O–H groups in total. The molecule has 0 aliphatic carbocycles. The zero-order valence-electron chi connectivity index (χ0n) is 10.7. The van der Waals surface area contributed by atoms with Crippen molar-refractivity contribution in [3.8, 4) is 0 Å². The van der Waals surface area contributed by atoms with Crippen LogP contribution in [0.1, 0.15) is 17.4 Å². The molecule has 1 aromatic heterocycles. The summed E-state index contributed by atoms with van der Waals surface area (Å²) in [4.78, 5) is 5.12. The molecule has 0 amide bonds. The number of hydroxylamine groups is 1. The second kappa shape index (κ2) is 4.44. The predicted molar refractivity (Wildman–Crippen MR) is 74.4 cm³/mol. The van der Waals surface area contributed by atoms with Crippen molar-refractivity contribution in [2.75, 3.05) is 0 Å². The van der Waals surface area contributed by atoms with Crippen LogP contribution in [0.5, 0.6) is 0 Å². The molecule has 0 spiro atoms. The topological polar surface area (TPSA) is 39.4 Å². The Labute approximate surface area is 115 Å². The van der Waals surface area contributed by atoms with Gasteiger partial charge in [-0.15, -0.1) is 0 Å². The summed E-state index contributed by atoms with van der Waals surface area (Å²) in [6.07, 6.45) is 1.92. The first-order valence-corrected chi connectivity index (χ1v) is 6.55. The Morgan fingerprint density at radius 3 is 2.70 bits per heavy atom. The summed E-state index contributed by atoms with van der Waals surface area (Å²) in [5.41, 5.74) is 6.01.